The maximum absolute atomic E-state index is 11.1. The zero-order chi connectivity index (χ0) is 12.8. The molecule has 94 valence electrons. The Morgan fingerprint density at radius 1 is 1.33 bits per heavy atom. The smallest absolute Gasteiger partial charge is 0.243 e. The van der Waals surface area contributed by atoms with Gasteiger partial charge in [-0.05, 0) is 24.6 Å². The third-order valence-corrected chi connectivity index (χ3v) is 2.40. The summed E-state index contributed by atoms with van der Waals surface area (Å²) in [5, 5.41) is 2.68. The minimum Gasteiger partial charge on any atom is -0.454 e. The lowest BCUT2D eigenvalue weighted by Crippen LogP contribution is -2.19. The number of ether oxygens (including phenoxy) is 2. The van der Waals surface area contributed by atoms with Crippen molar-refractivity contribution in [2.45, 2.75) is 6.92 Å². The molecule has 0 unspecified atom stereocenters. The van der Waals surface area contributed by atoms with Gasteiger partial charge in [-0.1, -0.05) is 24.3 Å². The minimum absolute atomic E-state index is 0.0900. The summed E-state index contributed by atoms with van der Waals surface area (Å²) in [6.07, 6.45) is 6.91. The predicted molar refractivity (Wildman–Crippen MR) is 69.4 cm³/mol. The molecule has 18 heavy (non-hydrogen) atoms. The van der Waals surface area contributed by atoms with Gasteiger partial charge in [0, 0.05) is 12.6 Å². The molecule has 0 atom stereocenters. The molecule has 0 aromatic heterocycles. The predicted octanol–water partition coefficient (Wildman–Crippen LogP) is 2.12. The van der Waals surface area contributed by atoms with Crippen LogP contribution in [0.4, 0.5) is 0 Å². The number of fused-ring (bicyclic) bond motifs is 1. The number of nitrogens with one attached hydrogen (secondary N) is 1. The van der Waals surface area contributed by atoms with Crippen molar-refractivity contribution < 1.29 is 14.3 Å². The molecule has 1 aromatic rings. The number of amides is 1. The molecule has 2 rings (SSSR count). The summed E-state index contributed by atoms with van der Waals surface area (Å²) in [4.78, 5) is 11.1. The molecule has 4 nitrogen and oxygen atoms in total. The van der Waals surface area contributed by atoms with Gasteiger partial charge in [-0.2, -0.15) is 0 Å². The Morgan fingerprint density at radius 3 is 3.00 bits per heavy atom. The highest BCUT2D eigenvalue weighted by atomic mass is 16.7. The second-order valence-corrected chi connectivity index (χ2v) is 3.73. The molecule has 4 heteroatoms. The number of rotatable bonds is 4. The summed E-state index contributed by atoms with van der Waals surface area (Å²) in [6.45, 7) is 2.79. The first kappa shape index (κ1) is 12.2. The first-order valence-corrected chi connectivity index (χ1v) is 5.82. The summed E-state index contributed by atoms with van der Waals surface area (Å²) in [7, 11) is 0. The summed E-state index contributed by atoms with van der Waals surface area (Å²) in [6, 6.07) is 5.71. The Balaban J connectivity index is 1.95. The number of carbonyl (C=O) groups excluding carboxylic acids is 1. The quantitative estimate of drug-likeness (QED) is 0.653. The number of benzene rings is 1. The standard InChI is InChI=1S/C14H15NO3/c1-2-15-14(16)6-4-3-5-11-7-8-12-13(9-11)18-10-17-12/h3-9H,2,10H2,1H3,(H,15,16)/b5-3?,6-4+. The lowest BCUT2D eigenvalue weighted by molar-refractivity contribution is -0.116. The van der Waals surface area contributed by atoms with Gasteiger partial charge in [-0.15, -0.1) is 0 Å². The second-order valence-electron chi connectivity index (χ2n) is 3.73. The van der Waals surface area contributed by atoms with Gasteiger partial charge in [0.15, 0.2) is 11.5 Å². The SMILES string of the molecule is CCNC(=O)/C=C/C=Cc1ccc2c(c1)OCO2. The zero-order valence-corrected chi connectivity index (χ0v) is 10.2. The fourth-order valence-corrected chi connectivity index (χ4v) is 1.56. The van der Waals surface area contributed by atoms with Gasteiger partial charge >= 0.3 is 0 Å². The van der Waals surface area contributed by atoms with Crippen molar-refractivity contribution in [3.05, 3.63) is 42.0 Å². The number of allylic oxidation sites excluding steroid dienone is 2. The number of hydrogen-bond acceptors (Lipinski definition) is 3. The first-order valence-electron chi connectivity index (χ1n) is 5.82. The van der Waals surface area contributed by atoms with Crippen molar-refractivity contribution in [3.63, 3.8) is 0 Å². The van der Waals surface area contributed by atoms with Crippen LogP contribution < -0.4 is 14.8 Å². The number of likely N-dealkylation sites (N-methyl/N-ethyl adjacent to an activating group) is 1. The van der Waals surface area contributed by atoms with Crippen LogP contribution in [0.3, 0.4) is 0 Å². The van der Waals surface area contributed by atoms with Crippen LogP contribution in [0.15, 0.2) is 36.4 Å². The van der Waals surface area contributed by atoms with E-state index in [9.17, 15) is 4.79 Å². The van der Waals surface area contributed by atoms with Gasteiger partial charge in [-0.3, -0.25) is 4.79 Å². The molecule has 1 amide bonds. The topological polar surface area (TPSA) is 47.6 Å². The molecule has 0 saturated heterocycles. The van der Waals surface area contributed by atoms with E-state index in [-0.39, 0.29) is 12.7 Å². The van der Waals surface area contributed by atoms with Crippen LogP contribution >= 0.6 is 0 Å². The fourth-order valence-electron chi connectivity index (χ4n) is 1.56. The highest BCUT2D eigenvalue weighted by molar-refractivity contribution is 5.87. The van der Waals surface area contributed by atoms with E-state index in [1.807, 2.05) is 37.3 Å². The van der Waals surface area contributed by atoms with Gasteiger partial charge in [0.2, 0.25) is 12.7 Å². The van der Waals surface area contributed by atoms with Crippen molar-refractivity contribution in [2.24, 2.45) is 0 Å². The molecule has 1 N–H and O–H groups in total. The Kier molecular flexibility index (Phi) is 4.02. The molecule has 0 fully saturated rings. The molecular weight excluding hydrogens is 230 g/mol. The van der Waals surface area contributed by atoms with Crippen molar-refractivity contribution in [1.29, 1.82) is 0 Å². The third kappa shape index (κ3) is 3.13. The Morgan fingerprint density at radius 2 is 2.17 bits per heavy atom. The van der Waals surface area contributed by atoms with E-state index >= 15 is 0 Å². The molecule has 1 aliphatic rings. The number of carbonyl (C=O) groups is 1. The van der Waals surface area contributed by atoms with Crippen LogP contribution in [-0.4, -0.2) is 19.2 Å². The minimum atomic E-state index is -0.0900. The molecule has 0 bridgehead atoms. The third-order valence-electron chi connectivity index (χ3n) is 2.40. The van der Waals surface area contributed by atoms with E-state index in [1.165, 1.54) is 6.08 Å². The van der Waals surface area contributed by atoms with Crippen LogP contribution in [-0.2, 0) is 4.79 Å². The van der Waals surface area contributed by atoms with Crippen molar-refractivity contribution in [1.82, 2.24) is 5.32 Å². The van der Waals surface area contributed by atoms with E-state index in [0.29, 0.717) is 6.54 Å². The molecular formula is C14H15NO3. The average Bonchev–Trinajstić information content (AvgIpc) is 2.82. The molecule has 1 aromatic carbocycles. The van der Waals surface area contributed by atoms with Crippen LogP contribution in [0.5, 0.6) is 11.5 Å². The molecule has 1 heterocycles. The number of hydrogen-bond donors (Lipinski definition) is 1. The van der Waals surface area contributed by atoms with Crippen LogP contribution in [0.1, 0.15) is 12.5 Å². The monoisotopic (exact) mass is 245 g/mol. The molecule has 0 saturated carbocycles. The zero-order valence-electron chi connectivity index (χ0n) is 10.2. The largest absolute Gasteiger partial charge is 0.454 e. The van der Waals surface area contributed by atoms with Gasteiger partial charge < -0.3 is 14.8 Å². The average molecular weight is 245 g/mol. The Bertz CT molecular complexity index is 492. The van der Waals surface area contributed by atoms with E-state index < -0.39 is 0 Å². The summed E-state index contributed by atoms with van der Waals surface area (Å²) in [5.74, 6) is 1.43. The maximum Gasteiger partial charge on any atom is 0.243 e. The van der Waals surface area contributed by atoms with Crippen molar-refractivity contribution in [2.75, 3.05) is 13.3 Å². The van der Waals surface area contributed by atoms with E-state index in [0.717, 1.165) is 17.1 Å². The summed E-state index contributed by atoms with van der Waals surface area (Å²) in [5.41, 5.74) is 1.000. The Labute approximate surface area is 106 Å². The molecule has 1 aliphatic heterocycles. The van der Waals surface area contributed by atoms with E-state index in [1.54, 1.807) is 6.08 Å². The second kappa shape index (κ2) is 5.91. The van der Waals surface area contributed by atoms with Crippen LogP contribution in [0.2, 0.25) is 0 Å². The van der Waals surface area contributed by atoms with Gasteiger partial charge in [0.1, 0.15) is 0 Å². The van der Waals surface area contributed by atoms with Crippen LogP contribution in [0.25, 0.3) is 6.08 Å². The van der Waals surface area contributed by atoms with Crippen LogP contribution in [0, 0.1) is 0 Å². The van der Waals surface area contributed by atoms with Gasteiger partial charge in [-0.25, -0.2) is 0 Å². The van der Waals surface area contributed by atoms with Crippen molar-refractivity contribution >= 4 is 12.0 Å². The maximum atomic E-state index is 11.1. The normalized spacial score (nSPS) is 13.4. The van der Waals surface area contributed by atoms with Crippen molar-refractivity contribution in [3.8, 4) is 11.5 Å². The Hall–Kier alpha value is -2.23. The highest BCUT2D eigenvalue weighted by Crippen LogP contribution is 2.32. The lowest BCUT2D eigenvalue weighted by atomic mass is 10.2. The molecule has 0 aliphatic carbocycles. The first-order chi connectivity index (χ1) is 8.79. The molecule has 0 radical (unpaired) electrons. The molecule has 0 spiro atoms. The highest BCUT2D eigenvalue weighted by Gasteiger charge is 2.11. The lowest BCUT2D eigenvalue weighted by Gasteiger charge is -1.96. The van der Waals surface area contributed by atoms with Gasteiger partial charge in [0.05, 0.1) is 0 Å². The fraction of sp³-hybridized carbons (Fsp3) is 0.214. The van der Waals surface area contributed by atoms with Gasteiger partial charge in [0.25, 0.3) is 0 Å². The summed E-state index contributed by atoms with van der Waals surface area (Å²) >= 11 is 0. The van der Waals surface area contributed by atoms with E-state index in [4.69, 9.17) is 9.47 Å². The summed E-state index contributed by atoms with van der Waals surface area (Å²) < 4.78 is 10.5. The van der Waals surface area contributed by atoms with E-state index in [2.05, 4.69) is 5.32 Å².